The van der Waals surface area contributed by atoms with Crippen LogP contribution in [0.25, 0.3) is 11.1 Å². The van der Waals surface area contributed by atoms with Crippen molar-refractivity contribution < 1.29 is 14.2 Å². The minimum absolute atomic E-state index is 0.280. The van der Waals surface area contributed by atoms with Crippen molar-refractivity contribution in [2.24, 2.45) is 0 Å². The normalized spacial score (nSPS) is 19.1. The molecule has 2 aromatic carbocycles. The van der Waals surface area contributed by atoms with E-state index < -0.39 is 0 Å². The average Bonchev–Trinajstić information content (AvgIpc) is 3.01. The molecule has 0 radical (unpaired) electrons. The van der Waals surface area contributed by atoms with Crippen LogP contribution in [-0.4, -0.2) is 12.9 Å². The molecule has 1 atom stereocenters. The molecule has 0 aromatic heterocycles. The largest absolute Gasteiger partial charge is 0.490 e. The van der Waals surface area contributed by atoms with E-state index in [0.29, 0.717) is 6.79 Å². The predicted octanol–water partition coefficient (Wildman–Crippen LogP) is 3.41. The Kier molecular flexibility index (Phi) is 2.21. The molecule has 3 nitrogen and oxygen atoms in total. The van der Waals surface area contributed by atoms with E-state index in [1.165, 1.54) is 11.1 Å². The summed E-state index contributed by atoms with van der Waals surface area (Å²) in [6, 6.07) is 12.4. The van der Waals surface area contributed by atoms with Crippen LogP contribution in [0.4, 0.5) is 0 Å². The Bertz CT molecular complexity index is 648. The summed E-state index contributed by atoms with van der Waals surface area (Å²) in [5.41, 5.74) is 3.61. The summed E-state index contributed by atoms with van der Waals surface area (Å²) in [5, 5.41) is 0. The Morgan fingerprint density at radius 2 is 1.63 bits per heavy atom. The van der Waals surface area contributed by atoms with Crippen LogP contribution in [-0.2, 0) is 6.42 Å². The van der Waals surface area contributed by atoms with E-state index in [1.54, 1.807) is 0 Å². The summed E-state index contributed by atoms with van der Waals surface area (Å²) >= 11 is 0. The molecule has 1 unspecified atom stereocenters. The molecule has 4 rings (SSSR count). The fourth-order valence-corrected chi connectivity index (χ4v) is 2.68. The monoisotopic (exact) mass is 254 g/mol. The van der Waals surface area contributed by atoms with Crippen molar-refractivity contribution in [2.75, 3.05) is 6.79 Å². The molecule has 2 aliphatic rings. The molecule has 96 valence electrons. The Hall–Kier alpha value is -2.16. The first kappa shape index (κ1) is 10.7. The maximum Gasteiger partial charge on any atom is 0.231 e. The van der Waals surface area contributed by atoms with Crippen LogP contribution < -0.4 is 14.2 Å². The minimum atomic E-state index is 0.280. The molecule has 3 heteroatoms. The average molecular weight is 254 g/mol. The zero-order valence-electron chi connectivity index (χ0n) is 10.7. The molecule has 2 aliphatic heterocycles. The lowest BCUT2D eigenvalue weighted by Gasteiger charge is -2.06. The molecule has 0 saturated heterocycles. The van der Waals surface area contributed by atoms with Crippen LogP contribution in [0.15, 0.2) is 36.4 Å². The van der Waals surface area contributed by atoms with Crippen molar-refractivity contribution in [1.82, 2.24) is 0 Å². The van der Waals surface area contributed by atoms with E-state index in [2.05, 4.69) is 31.2 Å². The van der Waals surface area contributed by atoms with Gasteiger partial charge in [-0.15, -0.1) is 0 Å². The van der Waals surface area contributed by atoms with Gasteiger partial charge in [0.1, 0.15) is 11.9 Å². The number of ether oxygens (including phenoxy) is 3. The molecular formula is C16H14O3. The van der Waals surface area contributed by atoms with Gasteiger partial charge in [0.25, 0.3) is 0 Å². The molecule has 0 bridgehead atoms. The quantitative estimate of drug-likeness (QED) is 0.780. The Morgan fingerprint density at radius 3 is 2.53 bits per heavy atom. The molecular weight excluding hydrogens is 240 g/mol. The van der Waals surface area contributed by atoms with E-state index in [0.717, 1.165) is 29.2 Å². The molecule has 0 saturated carbocycles. The van der Waals surface area contributed by atoms with E-state index in [-0.39, 0.29) is 6.10 Å². The molecule has 0 aliphatic carbocycles. The van der Waals surface area contributed by atoms with Crippen LogP contribution >= 0.6 is 0 Å². The Morgan fingerprint density at radius 1 is 0.895 bits per heavy atom. The minimum Gasteiger partial charge on any atom is -0.490 e. The maximum absolute atomic E-state index is 5.73. The highest BCUT2D eigenvalue weighted by Crippen LogP contribution is 2.38. The SMILES string of the molecule is CC1Cc2cc(-c3ccc4c(c3)OCO4)ccc2O1. The molecule has 0 fully saturated rings. The second-order valence-corrected chi connectivity index (χ2v) is 5.02. The van der Waals surface area contributed by atoms with Gasteiger partial charge >= 0.3 is 0 Å². The van der Waals surface area contributed by atoms with Gasteiger partial charge in [0.05, 0.1) is 0 Å². The van der Waals surface area contributed by atoms with Gasteiger partial charge in [-0.1, -0.05) is 12.1 Å². The maximum atomic E-state index is 5.73. The first-order valence-corrected chi connectivity index (χ1v) is 6.49. The zero-order valence-corrected chi connectivity index (χ0v) is 10.7. The second kappa shape index (κ2) is 3.92. The molecule has 19 heavy (non-hydrogen) atoms. The van der Waals surface area contributed by atoms with Crippen LogP contribution in [0.3, 0.4) is 0 Å². The van der Waals surface area contributed by atoms with Crippen molar-refractivity contribution >= 4 is 0 Å². The number of hydrogen-bond donors (Lipinski definition) is 0. The summed E-state index contributed by atoms with van der Waals surface area (Å²) in [5.74, 6) is 2.65. The van der Waals surface area contributed by atoms with Gasteiger partial charge < -0.3 is 14.2 Å². The predicted molar refractivity (Wildman–Crippen MR) is 71.8 cm³/mol. The number of rotatable bonds is 1. The number of hydrogen-bond acceptors (Lipinski definition) is 3. The van der Waals surface area contributed by atoms with Gasteiger partial charge in [-0.05, 0) is 47.9 Å². The zero-order chi connectivity index (χ0) is 12.8. The van der Waals surface area contributed by atoms with Gasteiger partial charge in [-0.25, -0.2) is 0 Å². The van der Waals surface area contributed by atoms with Gasteiger partial charge in [-0.3, -0.25) is 0 Å². The summed E-state index contributed by atoms with van der Waals surface area (Å²) in [6.07, 6.45) is 1.26. The highest BCUT2D eigenvalue weighted by Gasteiger charge is 2.20. The third-order valence-corrected chi connectivity index (χ3v) is 3.60. The summed E-state index contributed by atoms with van der Waals surface area (Å²) in [4.78, 5) is 0. The molecule has 0 spiro atoms. The van der Waals surface area contributed by atoms with E-state index >= 15 is 0 Å². The summed E-state index contributed by atoms with van der Waals surface area (Å²) < 4.78 is 16.5. The van der Waals surface area contributed by atoms with E-state index in [4.69, 9.17) is 14.2 Å². The second-order valence-electron chi connectivity index (χ2n) is 5.02. The first-order valence-electron chi connectivity index (χ1n) is 6.49. The standard InChI is InChI=1S/C16H14O3/c1-10-6-13-7-11(2-4-14(13)19-10)12-3-5-15-16(8-12)18-9-17-15/h2-5,7-8,10H,6,9H2,1H3. The van der Waals surface area contributed by atoms with Gasteiger partial charge in [-0.2, -0.15) is 0 Å². The van der Waals surface area contributed by atoms with Crippen LogP contribution in [0.1, 0.15) is 12.5 Å². The van der Waals surface area contributed by atoms with Gasteiger partial charge in [0, 0.05) is 6.42 Å². The highest BCUT2D eigenvalue weighted by molar-refractivity contribution is 5.69. The van der Waals surface area contributed by atoms with Crippen LogP contribution in [0.2, 0.25) is 0 Å². The smallest absolute Gasteiger partial charge is 0.231 e. The third-order valence-electron chi connectivity index (χ3n) is 3.60. The first-order chi connectivity index (χ1) is 9.29. The van der Waals surface area contributed by atoms with Crippen LogP contribution in [0, 0.1) is 0 Å². The lowest BCUT2D eigenvalue weighted by atomic mass is 10.0. The summed E-state index contributed by atoms with van der Waals surface area (Å²) in [7, 11) is 0. The number of benzene rings is 2. The number of fused-ring (bicyclic) bond motifs is 2. The van der Waals surface area contributed by atoms with Crippen molar-refractivity contribution in [3.05, 3.63) is 42.0 Å². The third kappa shape index (κ3) is 1.73. The Balaban J connectivity index is 1.75. The van der Waals surface area contributed by atoms with E-state index in [1.807, 2.05) is 12.1 Å². The van der Waals surface area contributed by atoms with Gasteiger partial charge in [0.15, 0.2) is 11.5 Å². The molecule has 0 amide bonds. The highest BCUT2D eigenvalue weighted by atomic mass is 16.7. The van der Waals surface area contributed by atoms with Crippen molar-refractivity contribution in [2.45, 2.75) is 19.4 Å². The van der Waals surface area contributed by atoms with Crippen molar-refractivity contribution in [1.29, 1.82) is 0 Å². The fourth-order valence-electron chi connectivity index (χ4n) is 2.68. The molecule has 2 aromatic rings. The fraction of sp³-hybridized carbons (Fsp3) is 0.250. The van der Waals surface area contributed by atoms with Gasteiger partial charge in [0.2, 0.25) is 6.79 Å². The lowest BCUT2D eigenvalue weighted by molar-refractivity contribution is 0.174. The van der Waals surface area contributed by atoms with Crippen molar-refractivity contribution in [3.63, 3.8) is 0 Å². The summed E-state index contributed by atoms with van der Waals surface area (Å²) in [6.45, 7) is 2.41. The van der Waals surface area contributed by atoms with Crippen molar-refractivity contribution in [3.8, 4) is 28.4 Å². The Labute approximate surface area is 111 Å². The lowest BCUT2D eigenvalue weighted by Crippen LogP contribution is -2.05. The molecule has 0 N–H and O–H groups in total. The van der Waals surface area contributed by atoms with Crippen LogP contribution in [0.5, 0.6) is 17.2 Å². The van der Waals surface area contributed by atoms with E-state index in [9.17, 15) is 0 Å². The topological polar surface area (TPSA) is 27.7 Å². The molecule has 2 heterocycles.